The topological polar surface area (TPSA) is 29.1 Å². The Labute approximate surface area is 114 Å². The van der Waals surface area contributed by atoms with Crippen LogP contribution in [0.5, 0.6) is 0 Å². The highest BCUT2D eigenvalue weighted by atomic mass is 35.5. The van der Waals surface area contributed by atoms with E-state index in [1.807, 2.05) is 0 Å². The van der Waals surface area contributed by atoms with Crippen LogP contribution in [0.15, 0.2) is 36.4 Å². The van der Waals surface area contributed by atoms with E-state index in [2.05, 4.69) is 5.32 Å². The molecule has 0 aromatic heterocycles. The number of carbonyl (C=O) groups is 1. The number of amides is 1. The van der Waals surface area contributed by atoms with Crippen LogP contribution in [0.3, 0.4) is 0 Å². The average molecular weight is 282 g/mol. The molecule has 0 radical (unpaired) electrons. The molecule has 0 heterocycles. The van der Waals surface area contributed by atoms with Gasteiger partial charge in [0.2, 0.25) is 0 Å². The minimum absolute atomic E-state index is 0.0899. The number of hydrogen-bond donors (Lipinski definition) is 1. The molecule has 1 N–H and O–H groups in total. The Morgan fingerprint density at radius 1 is 1.11 bits per heavy atom. The van der Waals surface area contributed by atoms with Crippen LogP contribution in [0.4, 0.5) is 14.5 Å². The molecule has 0 saturated carbocycles. The number of benzene rings is 2. The minimum atomic E-state index is -0.568. The van der Waals surface area contributed by atoms with Crippen molar-refractivity contribution >= 4 is 23.2 Å². The van der Waals surface area contributed by atoms with E-state index in [4.69, 9.17) is 11.6 Å². The van der Waals surface area contributed by atoms with Crippen molar-refractivity contribution in [1.29, 1.82) is 0 Å². The number of halogens is 3. The third kappa shape index (κ3) is 3.09. The number of anilines is 1. The Hall–Kier alpha value is -1.94. The van der Waals surface area contributed by atoms with Gasteiger partial charge in [-0.25, -0.2) is 8.78 Å². The summed E-state index contributed by atoms with van der Waals surface area (Å²) >= 11 is 5.60. The van der Waals surface area contributed by atoms with E-state index >= 15 is 0 Å². The first-order valence-corrected chi connectivity index (χ1v) is 5.88. The monoisotopic (exact) mass is 281 g/mol. The average Bonchev–Trinajstić information content (AvgIpc) is 2.37. The summed E-state index contributed by atoms with van der Waals surface area (Å²) in [4.78, 5) is 11.9. The maximum absolute atomic E-state index is 13.3. The first-order valence-electron chi connectivity index (χ1n) is 5.50. The second kappa shape index (κ2) is 5.36. The highest BCUT2D eigenvalue weighted by Gasteiger charge is 2.09. The van der Waals surface area contributed by atoms with Gasteiger partial charge >= 0.3 is 0 Å². The van der Waals surface area contributed by atoms with E-state index in [0.717, 1.165) is 12.1 Å². The van der Waals surface area contributed by atoms with Crippen molar-refractivity contribution in [2.24, 2.45) is 0 Å². The fourth-order valence-electron chi connectivity index (χ4n) is 1.51. The van der Waals surface area contributed by atoms with E-state index in [-0.39, 0.29) is 10.6 Å². The summed E-state index contributed by atoms with van der Waals surface area (Å²) in [6, 6.07) is 7.99. The lowest BCUT2D eigenvalue weighted by Gasteiger charge is -2.07. The molecule has 5 heteroatoms. The third-order valence-corrected chi connectivity index (χ3v) is 2.90. The van der Waals surface area contributed by atoms with Gasteiger partial charge in [0.05, 0.1) is 5.02 Å². The van der Waals surface area contributed by atoms with Crippen molar-refractivity contribution in [2.75, 3.05) is 5.32 Å². The summed E-state index contributed by atoms with van der Waals surface area (Å²) in [6.45, 7) is 1.61. The molecule has 2 nitrogen and oxygen atoms in total. The largest absolute Gasteiger partial charge is 0.322 e. The standard InChI is InChI=1S/C14H10ClF2NO/c1-8-2-3-9(6-13(8)17)14(19)18-10-4-5-12(16)11(15)7-10/h2-7H,1H3,(H,18,19). The van der Waals surface area contributed by atoms with Crippen LogP contribution in [0.25, 0.3) is 0 Å². The van der Waals surface area contributed by atoms with Gasteiger partial charge in [-0.1, -0.05) is 17.7 Å². The smallest absolute Gasteiger partial charge is 0.255 e. The van der Waals surface area contributed by atoms with Gasteiger partial charge in [0.15, 0.2) is 0 Å². The fraction of sp³-hybridized carbons (Fsp3) is 0.0714. The van der Waals surface area contributed by atoms with Crippen molar-refractivity contribution in [2.45, 2.75) is 6.92 Å². The van der Waals surface area contributed by atoms with Gasteiger partial charge in [0, 0.05) is 11.3 Å². The molecule has 0 bridgehead atoms. The van der Waals surface area contributed by atoms with Crippen molar-refractivity contribution in [3.63, 3.8) is 0 Å². The van der Waals surface area contributed by atoms with E-state index in [1.54, 1.807) is 6.92 Å². The molecule has 1 amide bonds. The summed E-state index contributed by atoms with van der Waals surface area (Å²) in [5, 5.41) is 2.43. The summed E-state index contributed by atoms with van der Waals surface area (Å²) in [6.07, 6.45) is 0. The molecule has 0 aliphatic heterocycles. The minimum Gasteiger partial charge on any atom is -0.322 e. The molecular weight excluding hydrogens is 272 g/mol. The van der Waals surface area contributed by atoms with Crippen LogP contribution in [-0.4, -0.2) is 5.91 Å². The van der Waals surface area contributed by atoms with Gasteiger partial charge in [0.25, 0.3) is 5.91 Å². The molecule has 0 fully saturated rings. The van der Waals surface area contributed by atoms with Crippen molar-refractivity contribution in [3.8, 4) is 0 Å². The van der Waals surface area contributed by atoms with Gasteiger partial charge in [-0.2, -0.15) is 0 Å². The molecule has 2 aromatic carbocycles. The van der Waals surface area contributed by atoms with Crippen LogP contribution in [0.1, 0.15) is 15.9 Å². The quantitative estimate of drug-likeness (QED) is 0.879. The van der Waals surface area contributed by atoms with Gasteiger partial charge in [0.1, 0.15) is 11.6 Å². The van der Waals surface area contributed by atoms with E-state index in [0.29, 0.717) is 11.3 Å². The summed E-state index contributed by atoms with van der Waals surface area (Å²) in [5.74, 6) is -1.51. The molecule has 0 aliphatic carbocycles. The second-order valence-electron chi connectivity index (χ2n) is 4.05. The van der Waals surface area contributed by atoms with Gasteiger partial charge in [-0.05, 0) is 42.8 Å². The number of hydrogen-bond acceptors (Lipinski definition) is 1. The van der Waals surface area contributed by atoms with Gasteiger partial charge < -0.3 is 5.32 Å². The predicted octanol–water partition coefficient (Wildman–Crippen LogP) is 4.18. The van der Waals surface area contributed by atoms with Gasteiger partial charge in [-0.15, -0.1) is 0 Å². The number of nitrogens with one attached hydrogen (secondary N) is 1. The molecule has 0 saturated heterocycles. The van der Waals surface area contributed by atoms with Crippen LogP contribution < -0.4 is 5.32 Å². The number of carbonyl (C=O) groups excluding carboxylic acids is 1. The van der Waals surface area contributed by atoms with Crippen LogP contribution >= 0.6 is 11.6 Å². The van der Waals surface area contributed by atoms with Crippen molar-refractivity contribution in [1.82, 2.24) is 0 Å². The lowest BCUT2D eigenvalue weighted by atomic mass is 10.1. The molecule has 0 aliphatic rings. The Bertz CT molecular complexity index is 643. The lowest BCUT2D eigenvalue weighted by molar-refractivity contribution is 0.102. The normalized spacial score (nSPS) is 10.3. The molecule has 19 heavy (non-hydrogen) atoms. The Balaban J connectivity index is 2.20. The zero-order valence-electron chi connectivity index (χ0n) is 10.0. The maximum Gasteiger partial charge on any atom is 0.255 e. The highest BCUT2D eigenvalue weighted by molar-refractivity contribution is 6.31. The molecule has 2 rings (SSSR count). The molecule has 0 spiro atoms. The van der Waals surface area contributed by atoms with Crippen LogP contribution in [0.2, 0.25) is 5.02 Å². The van der Waals surface area contributed by atoms with Crippen molar-refractivity contribution < 1.29 is 13.6 Å². The van der Waals surface area contributed by atoms with Crippen LogP contribution in [0, 0.1) is 18.6 Å². The zero-order valence-corrected chi connectivity index (χ0v) is 10.8. The predicted molar refractivity (Wildman–Crippen MR) is 70.5 cm³/mol. The lowest BCUT2D eigenvalue weighted by Crippen LogP contribution is -2.12. The third-order valence-electron chi connectivity index (χ3n) is 2.61. The fourth-order valence-corrected chi connectivity index (χ4v) is 1.69. The summed E-state index contributed by atoms with van der Waals surface area (Å²) < 4.78 is 26.3. The number of rotatable bonds is 2. The van der Waals surface area contributed by atoms with E-state index in [9.17, 15) is 13.6 Å². The molecular formula is C14H10ClF2NO. The molecule has 0 unspecified atom stereocenters. The van der Waals surface area contributed by atoms with E-state index < -0.39 is 17.5 Å². The second-order valence-corrected chi connectivity index (χ2v) is 4.45. The van der Waals surface area contributed by atoms with Crippen LogP contribution in [-0.2, 0) is 0 Å². The van der Waals surface area contributed by atoms with Gasteiger partial charge in [-0.3, -0.25) is 4.79 Å². The molecule has 2 aromatic rings. The zero-order chi connectivity index (χ0) is 14.0. The molecule has 98 valence electrons. The Morgan fingerprint density at radius 2 is 1.84 bits per heavy atom. The maximum atomic E-state index is 13.3. The SMILES string of the molecule is Cc1ccc(C(=O)Nc2ccc(F)c(Cl)c2)cc1F. The first-order chi connectivity index (χ1) is 8.97. The first kappa shape index (κ1) is 13.5. The van der Waals surface area contributed by atoms with E-state index in [1.165, 1.54) is 24.3 Å². The molecule has 0 atom stereocenters. The Kier molecular flexibility index (Phi) is 3.81. The van der Waals surface area contributed by atoms with Crippen molar-refractivity contribution in [3.05, 3.63) is 64.2 Å². The summed E-state index contributed by atoms with van der Waals surface area (Å²) in [5.41, 5.74) is 0.988. The Morgan fingerprint density at radius 3 is 2.47 bits per heavy atom. The summed E-state index contributed by atoms with van der Waals surface area (Å²) in [7, 11) is 0. The highest BCUT2D eigenvalue weighted by Crippen LogP contribution is 2.20. The number of aryl methyl sites for hydroxylation is 1.